The van der Waals surface area contributed by atoms with Crippen molar-refractivity contribution in [2.24, 2.45) is 17.8 Å². The molecule has 0 aliphatic carbocycles. The van der Waals surface area contributed by atoms with E-state index in [9.17, 15) is 9.90 Å². The van der Waals surface area contributed by atoms with Crippen molar-refractivity contribution in [1.29, 1.82) is 0 Å². The maximum atomic E-state index is 10.5. The van der Waals surface area contributed by atoms with Crippen molar-refractivity contribution in [2.75, 3.05) is 6.61 Å². The average Bonchev–Trinajstić information content (AvgIpc) is 3.21. The number of aliphatic hydroxyl groups excluding tert-OH is 4. The Morgan fingerprint density at radius 2 is 1.42 bits per heavy atom. The molecule has 0 spiro atoms. The van der Waals surface area contributed by atoms with Crippen LogP contribution >= 0.6 is 0 Å². The predicted octanol–water partition coefficient (Wildman–Crippen LogP) is 7.43. The molecule has 0 fully saturated rings. The van der Waals surface area contributed by atoms with Crippen LogP contribution in [-0.2, 0) is 16.0 Å². The summed E-state index contributed by atoms with van der Waals surface area (Å²) in [7, 11) is 0. The number of carbonyl (C=O) groups is 1. The lowest BCUT2D eigenvalue weighted by Crippen LogP contribution is -2.37. The zero-order valence-electron chi connectivity index (χ0n) is 27.8. The second-order valence-corrected chi connectivity index (χ2v) is 13.8. The van der Waals surface area contributed by atoms with Gasteiger partial charge in [-0.2, -0.15) is 0 Å². The summed E-state index contributed by atoms with van der Waals surface area (Å²) in [5, 5.41) is 45.4. The van der Waals surface area contributed by atoms with Crippen molar-refractivity contribution in [3.05, 3.63) is 33.8 Å². The molecule has 5 N–H and O–H groups in total. The lowest BCUT2D eigenvalue weighted by atomic mass is 9.84. The number of carbonyl (C=O) groups excluding carboxylic acids is 1. The molecule has 2 heterocycles. The fourth-order valence-electron chi connectivity index (χ4n) is 6.10. The normalized spacial score (nSPS) is 21.9. The highest BCUT2D eigenvalue weighted by Crippen LogP contribution is 2.44. The third-order valence-electron chi connectivity index (χ3n) is 9.34. The zero-order chi connectivity index (χ0) is 32.5. The molecule has 0 amide bonds. The number of hydrogen-bond acceptors (Lipinski definition) is 8. The molecule has 5 atom stereocenters. The third-order valence-corrected chi connectivity index (χ3v) is 9.34. The molecule has 2 aliphatic heterocycles. The summed E-state index contributed by atoms with van der Waals surface area (Å²) in [6, 6.07) is 0. The predicted molar refractivity (Wildman–Crippen MR) is 170 cm³/mol. The molecular formula is C35H58O8. The van der Waals surface area contributed by atoms with Gasteiger partial charge in [-0.05, 0) is 87.8 Å². The standard InChI is InChI=1S/C29H50O2.C6H8O6/c1-20(2)12-9-13-21(3)14-10-15-22(4)16-11-18-29(8)19-17-26-25(7)27(30)23(5)24(6)28(26)31-29;7-1-2(8)5-3(9)4(10)6(11)12-5/h20-22,30H,9-19H2,1-8H3;2,5,7-10H,1H2/t21-,22?,29-;2-,5+/m00/s1. The number of aliphatic hydroxyl groups is 4. The third kappa shape index (κ3) is 10.3. The molecule has 0 aromatic heterocycles. The number of ether oxygens (including phenoxy) is 2. The Kier molecular flexibility index (Phi) is 14.2. The van der Waals surface area contributed by atoms with Crippen molar-refractivity contribution in [3.63, 3.8) is 0 Å². The summed E-state index contributed by atoms with van der Waals surface area (Å²) < 4.78 is 10.9. The Balaban J connectivity index is 0.000000448. The van der Waals surface area contributed by atoms with Crippen LogP contribution in [0.3, 0.4) is 0 Å². The van der Waals surface area contributed by atoms with Crippen LogP contribution in [0.5, 0.6) is 11.5 Å². The largest absolute Gasteiger partial charge is 0.507 e. The number of aromatic hydroxyl groups is 1. The Morgan fingerprint density at radius 1 is 0.860 bits per heavy atom. The number of benzene rings is 1. The summed E-state index contributed by atoms with van der Waals surface area (Å²) >= 11 is 0. The Bertz CT molecular complexity index is 1090. The Morgan fingerprint density at radius 3 is 1.93 bits per heavy atom. The highest BCUT2D eigenvalue weighted by Gasteiger charge is 2.39. The molecule has 0 saturated heterocycles. The Labute approximate surface area is 259 Å². The molecule has 0 bridgehead atoms. The van der Waals surface area contributed by atoms with Crippen molar-refractivity contribution >= 4 is 5.97 Å². The van der Waals surface area contributed by atoms with Gasteiger partial charge in [0.25, 0.3) is 0 Å². The lowest BCUT2D eigenvalue weighted by Gasteiger charge is -2.38. The summed E-state index contributed by atoms with van der Waals surface area (Å²) in [6.45, 7) is 17.3. The van der Waals surface area contributed by atoms with Gasteiger partial charge in [-0.1, -0.05) is 72.6 Å². The quantitative estimate of drug-likeness (QED) is 0.138. The first kappa shape index (κ1) is 36.7. The topological polar surface area (TPSA) is 137 Å². The van der Waals surface area contributed by atoms with E-state index in [0.717, 1.165) is 59.5 Å². The molecule has 3 rings (SSSR count). The van der Waals surface area contributed by atoms with Crippen LogP contribution in [0.4, 0.5) is 0 Å². The summed E-state index contributed by atoms with van der Waals surface area (Å²) in [5.74, 6) is 1.26. The van der Waals surface area contributed by atoms with Crippen LogP contribution < -0.4 is 4.74 Å². The number of hydrogen-bond donors (Lipinski definition) is 5. The number of fused-ring (bicyclic) bond motifs is 1. The molecular weight excluding hydrogens is 548 g/mol. The van der Waals surface area contributed by atoms with E-state index in [1.807, 2.05) is 13.8 Å². The van der Waals surface area contributed by atoms with Crippen molar-refractivity contribution in [1.82, 2.24) is 0 Å². The lowest BCUT2D eigenvalue weighted by molar-refractivity contribution is -0.147. The van der Waals surface area contributed by atoms with Gasteiger partial charge < -0.3 is 35.0 Å². The van der Waals surface area contributed by atoms with Gasteiger partial charge in [0.1, 0.15) is 23.2 Å². The number of esters is 1. The van der Waals surface area contributed by atoms with Crippen molar-refractivity contribution in [3.8, 4) is 11.5 Å². The summed E-state index contributed by atoms with van der Waals surface area (Å²) in [4.78, 5) is 10.5. The molecule has 43 heavy (non-hydrogen) atoms. The fraction of sp³-hybridized carbons (Fsp3) is 0.743. The highest BCUT2D eigenvalue weighted by atomic mass is 16.6. The van der Waals surface area contributed by atoms with Gasteiger partial charge in [-0.25, -0.2) is 4.79 Å². The minimum Gasteiger partial charge on any atom is -0.507 e. The average molecular weight is 607 g/mol. The van der Waals surface area contributed by atoms with Crippen LogP contribution in [0.2, 0.25) is 0 Å². The number of phenolic OH excluding ortho intramolecular Hbond substituents is 1. The molecule has 8 nitrogen and oxygen atoms in total. The van der Waals surface area contributed by atoms with E-state index in [1.54, 1.807) is 0 Å². The maximum Gasteiger partial charge on any atom is 0.377 e. The second kappa shape index (κ2) is 16.6. The second-order valence-electron chi connectivity index (χ2n) is 13.8. The van der Waals surface area contributed by atoms with Crippen molar-refractivity contribution < 1.29 is 39.8 Å². The Hall–Kier alpha value is -2.45. The minimum atomic E-state index is -1.42. The number of cyclic esters (lactones) is 1. The molecule has 0 saturated carbocycles. The van der Waals surface area contributed by atoms with E-state index in [4.69, 9.17) is 25.2 Å². The van der Waals surface area contributed by atoms with E-state index < -0.39 is 36.3 Å². The van der Waals surface area contributed by atoms with E-state index in [0.29, 0.717) is 5.75 Å². The molecule has 8 heteroatoms. The van der Waals surface area contributed by atoms with E-state index in [1.165, 1.54) is 56.9 Å². The van der Waals surface area contributed by atoms with Crippen LogP contribution in [0.25, 0.3) is 0 Å². The van der Waals surface area contributed by atoms with E-state index in [2.05, 4.69) is 46.3 Å². The first-order chi connectivity index (χ1) is 20.1. The number of rotatable bonds is 14. The summed E-state index contributed by atoms with van der Waals surface area (Å²) in [5.41, 5.74) is 4.23. The first-order valence-electron chi connectivity index (χ1n) is 16.2. The van der Waals surface area contributed by atoms with Crippen LogP contribution in [0.15, 0.2) is 11.5 Å². The van der Waals surface area contributed by atoms with Gasteiger partial charge in [-0.15, -0.1) is 0 Å². The van der Waals surface area contributed by atoms with Gasteiger partial charge in [0, 0.05) is 5.56 Å². The van der Waals surface area contributed by atoms with Gasteiger partial charge in [0.15, 0.2) is 11.9 Å². The SMILES string of the molecule is Cc1c(C)c2c(c(C)c1O)CC[C@](C)(CCCC(C)CCC[C@@H](C)CCCC(C)C)O2.O=C1O[C@H]([C@@H](O)CO)C(O)=C1O. The van der Waals surface area contributed by atoms with Gasteiger partial charge in [0.2, 0.25) is 5.76 Å². The van der Waals surface area contributed by atoms with Crippen molar-refractivity contribution in [2.45, 2.75) is 144 Å². The molecule has 1 aromatic rings. The van der Waals surface area contributed by atoms with E-state index >= 15 is 0 Å². The van der Waals surface area contributed by atoms with Crippen LogP contribution in [0.1, 0.15) is 121 Å². The first-order valence-corrected chi connectivity index (χ1v) is 16.2. The van der Waals surface area contributed by atoms with Gasteiger partial charge in [0.05, 0.1) is 6.61 Å². The molecule has 1 aromatic carbocycles. The number of phenols is 1. The van der Waals surface area contributed by atoms with Crippen LogP contribution in [0, 0.1) is 38.5 Å². The molecule has 2 aliphatic rings. The molecule has 0 radical (unpaired) electrons. The summed E-state index contributed by atoms with van der Waals surface area (Å²) in [6.07, 6.45) is 11.3. The monoisotopic (exact) mass is 606 g/mol. The zero-order valence-corrected chi connectivity index (χ0v) is 27.8. The molecule has 246 valence electrons. The smallest absolute Gasteiger partial charge is 0.377 e. The van der Waals surface area contributed by atoms with E-state index in [-0.39, 0.29) is 5.60 Å². The fourth-order valence-corrected chi connectivity index (χ4v) is 6.10. The maximum absolute atomic E-state index is 10.5. The molecule has 1 unspecified atom stereocenters. The highest BCUT2D eigenvalue weighted by molar-refractivity contribution is 5.89. The minimum absolute atomic E-state index is 0.0712. The van der Waals surface area contributed by atoms with Crippen LogP contribution in [-0.4, -0.2) is 55.9 Å². The van der Waals surface area contributed by atoms with Gasteiger partial charge >= 0.3 is 5.97 Å². The van der Waals surface area contributed by atoms with Gasteiger partial charge in [-0.3, -0.25) is 0 Å².